The molecule has 0 fully saturated rings. The summed E-state index contributed by atoms with van der Waals surface area (Å²) < 4.78 is 25.9. The van der Waals surface area contributed by atoms with Gasteiger partial charge in [-0.05, 0) is 31.9 Å². The minimum Gasteiger partial charge on any atom is -0.263 e. The van der Waals surface area contributed by atoms with Crippen molar-refractivity contribution < 1.29 is 8.42 Å². The van der Waals surface area contributed by atoms with Crippen LogP contribution in [0, 0.1) is 0 Å². The van der Waals surface area contributed by atoms with Crippen LogP contribution in [-0.2, 0) is 10.0 Å². The first-order valence-electron chi connectivity index (χ1n) is 5.06. The van der Waals surface area contributed by atoms with Gasteiger partial charge < -0.3 is 0 Å². The molecule has 4 nitrogen and oxygen atoms in total. The van der Waals surface area contributed by atoms with Gasteiger partial charge in [0.15, 0.2) is 0 Å². The molecular weight excluding hydrogens is 248 g/mol. The molecule has 0 aliphatic rings. The van der Waals surface area contributed by atoms with Gasteiger partial charge in [-0.25, -0.2) is 13.1 Å². The highest BCUT2D eigenvalue weighted by Crippen LogP contribution is 2.06. The van der Waals surface area contributed by atoms with Gasteiger partial charge in [0.05, 0.1) is 0 Å². The molecule has 0 amide bonds. The molecule has 6 heteroatoms. The van der Waals surface area contributed by atoms with Crippen LogP contribution in [0.2, 0.25) is 0 Å². The van der Waals surface area contributed by atoms with Crippen LogP contribution in [0.15, 0.2) is 29.4 Å². The molecule has 1 heterocycles. The minimum absolute atomic E-state index is 0.0721. The summed E-state index contributed by atoms with van der Waals surface area (Å²) in [7, 11) is -3.41. The van der Waals surface area contributed by atoms with E-state index in [2.05, 4.69) is 9.71 Å². The van der Waals surface area contributed by atoms with E-state index >= 15 is 0 Å². The Bertz CT molecular complexity index is 406. The molecule has 0 saturated carbocycles. The number of halogens is 1. The van der Waals surface area contributed by atoms with Crippen LogP contribution in [0.3, 0.4) is 0 Å². The molecule has 0 aliphatic heterocycles. The molecule has 0 aliphatic carbocycles. The Balaban J connectivity index is 2.48. The van der Waals surface area contributed by atoms with Gasteiger partial charge in [0.25, 0.3) is 0 Å². The molecule has 0 saturated heterocycles. The first-order chi connectivity index (χ1) is 7.52. The van der Waals surface area contributed by atoms with Crippen molar-refractivity contribution in [3.05, 3.63) is 24.5 Å². The number of nitrogens with one attached hydrogen (secondary N) is 1. The molecule has 0 bridgehead atoms. The number of pyridine rings is 1. The van der Waals surface area contributed by atoms with Crippen LogP contribution in [-0.4, -0.2) is 25.3 Å². The second-order valence-electron chi connectivity index (χ2n) is 3.51. The van der Waals surface area contributed by atoms with Crippen LogP contribution in [0.1, 0.15) is 19.8 Å². The average Bonchev–Trinajstić information content (AvgIpc) is 2.26. The Morgan fingerprint density at radius 3 is 2.88 bits per heavy atom. The van der Waals surface area contributed by atoms with Crippen LogP contribution < -0.4 is 4.72 Å². The van der Waals surface area contributed by atoms with Crippen molar-refractivity contribution in [3.8, 4) is 0 Å². The zero-order valence-electron chi connectivity index (χ0n) is 9.06. The molecule has 1 rings (SSSR count). The molecule has 1 aromatic heterocycles. The number of nitrogens with zero attached hydrogens (tertiary/aromatic N) is 1. The normalized spacial score (nSPS) is 13.6. The highest BCUT2D eigenvalue weighted by Gasteiger charge is 2.12. The molecule has 1 aromatic rings. The molecule has 0 aromatic carbocycles. The van der Waals surface area contributed by atoms with Gasteiger partial charge in [0.1, 0.15) is 4.90 Å². The summed E-state index contributed by atoms with van der Waals surface area (Å²) in [6.45, 7) is 2.28. The fourth-order valence-electron chi connectivity index (χ4n) is 1.18. The molecular formula is C10H15ClN2O2S. The Hall–Kier alpha value is -0.650. The highest BCUT2D eigenvalue weighted by atomic mass is 35.5. The summed E-state index contributed by atoms with van der Waals surface area (Å²) in [5.41, 5.74) is 0. The molecule has 90 valence electrons. The number of hydrogen-bond acceptors (Lipinski definition) is 3. The van der Waals surface area contributed by atoms with Crippen LogP contribution in [0.5, 0.6) is 0 Å². The number of aromatic nitrogens is 1. The van der Waals surface area contributed by atoms with E-state index in [1.807, 2.05) is 6.92 Å². The van der Waals surface area contributed by atoms with Gasteiger partial charge in [-0.2, -0.15) is 0 Å². The standard InChI is InChI=1S/C10H15ClN2O2S/c1-9(11)4-2-7-13-16(14,15)10-5-3-6-12-8-10/h3,5-6,8-9,13H,2,4,7H2,1H3. The summed E-state index contributed by atoms with van der Waals surface area (Å²) in [5, 5.41) is 0.0721. The summed E-state index contributed by atoms with van der Waals surface area (Å²) >= 11 is 5.76. The lowest BCUT2D eigenvalue weighted by atomic mass is 10.2. The second kappa shape index (κ2) is 6.18. The van der Waals surface area contributed by atoms with E-state index in [-0.39, 0.29) is 10.3 Å². The van der Waals surface area contributed by atoms with Gasteiger partial charge in [-0.15, -0.1) is 11.6 Å². The summed E-state index contributed by atoms with van der Waals surface area (Å²) in [6.07, 6.45) is 4.38. The Morgan fingerprint density at radius 1 is 1.56 bits per heavy atom. The summed E-state index contributed by atoms with van der Waals surface area (Å²) in [4.78, 5) is 3.96. The van der Waals surface area contributed by atoms with E-state index < -0.39 is 10.0 Å². The van der Waals surface area contributed by atoms with Crippen molar-refractivity contribution in [1.82, 2.24) is 9.71 Å². The largest absolute Gasteiger partial charge is 0.263 e. The second-order valence-corrected chi connectivity index (χ2v) is 6.02. The van der Waals surface area contributed by atoms with Crippen LogP contribution in [0.4, 0.5) is 0 Å². The van der Waals surface area contributed by atoms with Crippen LogP contribution >= 0.6 is 11.6 Å². The average molecular weight is 263 g/mol. The molecule has 1 unspecified atom stereocenters. The number of alkyl halides is 1. The van der Waals surface area contributed by atoms with E-state index in [9.17, 15) is 8.42 Å². The molecule has 1 atom stereocenters. The van der Waals surface area contributed by atoms with Crippen LogP contribution in [0.25, 0.3) is 0 Å². The van der Waals surface area contributed by atoms with E-state index in [0.717, 1.165) is 12.8 Å². The third kappa shape index (κ3) is 4.47. The lowest BCUT2D eigenvalue weighted by Gasteiger charge is -2.06. The summed E-state index contributed by atoms with van der Waals surface area (Å²) in [5.74, 6) is 0. The van der Waals surface area contributed by atoms with Crippen molar-refractivity contribution in [2.75, 3.05) is 6.54 Å². The SMILES string of the molecule is CC(Cl)CCCNS(=O)(=O)c1cccnc1. The molecule has 1 N–H and O–H groups in total. The fraction of sp³-hybridized carbons (Fsp3) is 0.500. The van der Waals surface area contributed by atoms with Crippen molar-refractivity contribution in [2.24, 2.45) is 0 Å². The van der Waals surface area contributed by atoms with Crippen molar-refractivity contribution in [2.45, 2.75) is 30.0 Å². The van der Waals surface area contributed by atoms with Gasteiger partial charge in [0.2, 0.25) is 10.0 Å². The van der Waals surface area contributed by atoms with Gasteiger partial charge in [-0.1, -0.05) is 0 Å². The predicted octanol–water partition coefficient (Wildman–Crippen LogP) is 1.77. The van der Waals surface area contributed by atoms with Gasteiger partial charge in [0, 0.05) is 24.3 Å². The lowest BCUT2D eigenvalue weighted by molar-refractivity contribution is 0.576. The zero-order valence-corrected chi connectivity index (χ0v) is 10.6. The minimum atomic E-state index is -3.41. The molecule has 16 heavy (non-hydrogen) atoms. The van der Waals surface area contributed by atoms with Gasteiger partial charge in [-0.3, -0.25) is 4.98 Å². The maximum absolute atomic E-state index is 11.7. The van der Waals surface area contributed by atoms with E-state index in [0.29, 0.717) is 6.54 Å². The zero-order chi connectivity index (χ0) is 12.0. The number of sulfonamides is 1. The maximum Gasteiger partial charge on any atom is 0.242 e. The highest BCUT2D eigenvalue weighted by molar-refractivity contribution is 7.89. The lowest BCUT2D eigenvalue weighted by Crippen LogP contribution is -2.25. The van der Waals surface area contributed by atoms with E-state index in [1.54, 1.807) is 6.07 Å². The molecule has 0 radical (unpaired) electrons. The monoisotopic (exact) mass is 262 g/mol. The smallest absolute Gasteiger partial charge is 0.242 e. The first-order valence-corrected chi connectivity index (χ1v) is 6.98. The number of hydrogen-bond donors (Lipinski definition) is 1. The van der Waals surface area contributed by atoms with Gasteiger partial charge >= 0.3 is 0 Å². The molecule has 0 spiro atoms. The van der Waals surface area contributed by atoms with Crippen molar-refractivity contribution in [3.63, 3.8) is 0 Å². The fourth-order valence-corrected chi connectivity index (χ4v) is 2.37. The van der Waals surface area contributed by atoms with E-state index in [1.165, 1.54) is 18.5 Å². The third-order valence-electron chi connectivity index (χ3n) is 2.02. The quantitative estimate of drug-likeness (QED) is 0.628. The Morgan fingerprint density at radius 2 is 2.31 bits per heavy atom. The van der Waals surface area contributed by atoms with E-state index in [4.69, 9.17) is 11.6 Å². The number of rotatable bonds is 6. The Kier molecular flexibility index (Phi) is 5.18. The third-order valence-corrected chi connectivity index (χ3v) is 3.68. The first kappa shape index (κ1) is 13.4. The van der Waals surface area contributed by atoms with Crippen molar-refractivity contribution >= 4 is 21.6 Å². The topological polar surface area (TPSA) is 59.1 Å². The predicted molar refractivity (Wildman–Crippen MR) is 64.0 cm³/mol. The van der Waals surface area contributed by atoms with Crippen molar-refractivity contribution in [1.29, 1.82) is 0 Å². The summed E-state index contributed by atoms with van der Waals surface area (Å²) in [6, 6.07) is 3.11. The maximum atomic E-state index is 11.7. The Labute approximate surface area is 101 Å².